The number of benzene rings is 2. The smallest absolute Gasteiger partial charge is 0.251 e. The van der Waals surface area contributed by atoms with Gasteiger partial charge in [0.25, 0.3) is 5.91 Å². The molecule has 0 aromatic heterocycles. The van der Waals surface area contributed by atoms with Gasteiger partial charge in [-0.25, -0.2) is 4.99 Å². The van der Waals surface area contributed by atoms with Gasteiger partial charge in [-0.1, -0.05) is 32.1 Å². The van der Waals surface area contributed by atoms with Crippen LogP contribution in [0, 0.1) is 5.92 Å². The van der Waals surface area contributed by atoms with Gasteiger partial charge < -0.3 is 25.3 Å². The summed E-state index contributed by atoms with van der Waals surface area (Å²) in [5, 5.41) is 3.24. The minimum atomic E-state index is -0.338. The van der Waals surface area contributed by atoms with Crippen LogP contribution in [0.25, 0.3) is 6.08 Å². The van der Waals surface area contributed by atoms with Crippen LogP contribution in [0.15, 0.2) is 47.5 Å². The van der Waals surface area contributed by atoms with E-state index in [-0.39, 0.29) is 41.8 Å². The van der Waals surface area contributed by atoms with E-state index in [2.05, 4.69) is 28.5 Å². The number of carbonyl (C=O) groups is 2. The maximum absolute atomic E-state index is 13.7. The molecule has 2 aromatic carbocycles. The van der Waals surface area contributed by atoms with Gasteiger partial charge in [0.2, 0.25) is 5.91 Å². The molecule has 5 aliphatic rings. The number of carbonyl (C=O) groups excluding carboxylic acids is 2. The van der Waals surface area contributed by atoms with E-state index in [0.717, 1.165) is 35.3 Å². The highest BCUT2D eigenvalue weighted by Crippen LogP contribution is 2.40. The first-order valence-electron chi connectivity index (χ1n) is 14.2. The van der Waals surface area contributed by atoms with Gasteiger partial charge in [0, 0.05) is 42.6 Å². The number of allylic oxidation sites excluding steroid dienone is 1. The number of ether oxygens (including phenoxy) is 3. The fourth-order valence-electron chi connectivity index (χ4n) is 5.89. The highest BCUT2D eigenvalue weighted by Gasteiger charge is 2.37. The maximum atomic E-state index is 13.7. The minimum Gasteiger partial charge on any atom is -0.493 e. The molecular weight excluding hydrogens is 508 g/mol. The van der Waals surface area contributed by atoms with Crippen LogP contribution in [-0.2, 0) is 9.53 Å². The summed E-state index contributed by atoms with van der Waals surface area (Å²) in [6, 6.07) is 10.6. The van der Waals surface area contributed by atoms with Gasteiger partial charge >= 0.3 is 0 Å². The molecule has 3 N–H and O–H groups in total. The van der Waals surface area contributed by atoms with Gasteiger partial charge in [0.15, 0.2) is 5.96 Å². The zero-order chi connectivity index (χ0) is 28.2. The summed E-state index contributed by atoms with van der Waals surface area (Å²) in [5.41, 5.74) is 9.56. The second-order valence-electron chi connectivity index (χ2n) is 10.3. The number of methoxy groups -OCH3 is 1. The van der Waals surface area contributed by atoms with Gasteiger partial charge in [-0.15, -0.1) is 0 Å². The summed E-state index contributed by atoms with van der Waals surface area (Å²) in [5.74, 6) is 1.33. The van der Waals surface area contributed by atoms with Crippen LogP contribution in [0.1, 0.15) is 78.7 Å². The molecule has 2 amide bonds. The molecule has 40 heavy (non-hydrogen) atoms. The van der Waals surface area contributed by atoms with E-state index < -0.39 is 0 Å². The number of nitrogens with one attached hydrogen (secondary N) is 1. The number of hydrogen-bond donors (Lipinski definition) is 2. The van der Waals surface area contributed by atoms with Crippen LogP contribution in [0.3, 0.4) is 0 Å². The van der Waals surface area contributed by atoms with Crippen LogP contribution in [0.4, 0.5) is 0 Å². The van der Waals surface area contributed by atoms with Gasteiger partial charge in [-0.05, 0) is 48.7 Å². The van der Waals surface area contributed by atoms with Gasteiger partial charge in [0.1, 0.15) is 11.5 Å². The average Bonchev–Trinajstić information content (AvgIpc) is 2.96. The molecule has 0 radical (unpaired) electrons. The van der Waals surface area contributed by atoms with Crippen LogP contribution in [0.2, 0.25) is 0 Å². The Morgan fingerprint density at radius 3 is 2.67 bits per heavy atom. The largest absolute Gasteiger partial charge is 0.493 e. The zero-order valence-corrected chi connectivity index (χ0v) is 23.4. The molecule has 0 saturated carbocycles. The SMILES string of the molecule is CC.COCC1COc2ccc3cc2C1NC(=O)c1ccc2c(c1)[C@@H](CCO2)N1C(=O)CC(CC/C=C/3)N=C1N. The van der Waals surface area contributed by atoms with Crippen LogP contribution in [0.5, 0.6) is 11.5 Å². The summed E-state index contributed by atoms with van der Waals surface area (Å²) in [4.78, 5) is 33.2. The van der Waals surface area contributed by atoms with Crippen molar-refractivity contribution in [2.45, 2.75) is 57.7 Å². The van der Waals surface area contributed by atoms with Crippen molar-refractivity contribution >= 4 is 23.8 Å². The Labute approximate surface area is 235 Å². The van der Waals surface area contributed by atoms with Crippen molar-refractivity contribution in [1.82, 2.24) is 10.2 Å². The second kappa shape index (κ2) is 12.1. The number of guanidine groups is 1. The molecule has 3 unspecified atom stereocenters. The van der Waals surface area contributed by atoms with E-state index in [1.165, 1.54) is 0 Å². The number of fused-ring (bicyclic) bond motifs is 4. The zero-order valence-electron chi connectivity index (χ0n) is 23.4. The van der Waals surface area contributed by atoms with Gasteiger partial charge in [0.05, 0.1) is 37.9 Å². The fourth-order valence-corrected chi connectivity index (χ4v) is 5.89. The summed E-state index contributed by atoms with van der Waals surface area (Å²) in [6.45, 7) is 5.34. The fraction of sp³-hybridized carbons (Fsp3) is 0.452. The quantitative estimate of drug-likeness (QED) is 0.578. The first kappa shape index (κ1) is 27.7. The van der Waals surface area contributed by atoms with Crippen molar-refractivity contribution in [3.8, 4) is 11.5 Å². The molecule has 0 spiro atoms. The number of aliphatic imine (C=N–C) groups is 1. The number of nitrogens with two attached hydrogens (primary N) is 1. The molecule has 6 bridgehead atoms. The third-order valence-electron chi connectivity index (χ3n) is 7.77. The van der Waals surface area contributed by atoms with E-state index in [4.69, 9.17) is 19.9 Å². The molecule has 0 fully saturated rings. The molecule has 9 nitrogen and oxygen atoms in total. The van der Waals surface area contributed by atoms with Crippen molar-refractivity contribution in [2.75, 3.05) is 26.9 Å². The Morgan fingerprint density at radius 1 is 1.07 bits per heavy atom. The van der Waals surface area contributed by atoms with E-state index in [1.807, 2.05) is 32.0 Å². The minimum absolute atomic E-state index is 0.0505. The standard InChI is InChI=1S/C29H32N4O5.C2H6/c1-36-15-19-16-38-25-8-6-17-4-2-3-5-20-14-26(34)33(29(30)31-20)23-10-11-37-24-9-7-18(13-21(23)24)28(35)32-27(19)22(25)12-17;1-2/h2,4,6-9,12-13,19-20,23,27H,3,5,10-11,14-16H2,1H3,(H2,30,31)(H,32,35);1-2H3/b4-2+;/t19?,20?,23-,27?;/m1./s1. The topological polar surface area (TPSA) is 115 Å². The predicted molar refractivity (Wildman–Crippen MR) is 153 cm³/mol. The van der Waals surface area contributed by atoms with E-state index in [0.29, 0.717) is 44.0 Å². The van der Waals surface area contributed by atoms with E-state index in [1.54, 1.807) is 24.1 Å². The normalized spacial score (nSPS) is 26.1. The third-order valence-corrected chi connectivity index (χ3v) is 7.77. The number of amides is 2. The molecule has 0 saturated heterocycles. The molecule has 2 aromatic rings. The molecule has 212 valence electrons. The Bertz CT molecular complexity index is 1320. The first-order valence-corrected chi connectivity index (χ1v) is 14.2. The highest BCUT2D eigenvalue weighted by molar-refractivity contribution is 5.99. The Morgan fingerprint density at radius 2 is 1.88 bits per heavy atom. The monoisotopic (exact) mass is 546 g/mol. The Balaban J connectivity index is 0.00000158. The molecule has 4 atom stereocenters. The van der Waals surface area contributed by atoms with Gasteiger partial charge in [-0.2, -0.15) is 0 Å². The number of rotatable bonds is 2. The molecule has 5 heterocycles. The second-order valence-corrected chi connectivity index (χ2v) is 10.3. The molecular formula is C31H38N4O5. The lowest BCUT2D eigenvalue weighted by Gasteiger charge is -2.38. The van der Waals surface area contributed by atoms with Crippen molar-refractivity contribution in [2.24, 2.45) is 16.6 Å². The summed E-state index contributed by atoms with van der Waals surface area (Å²) in [6.07, 6.45) is 6.51. The average molecular weight is 547 g/mol. The lowest BCUT2D eigenvalue weighted by molar-refractivity contribution is -0.130. The molecule has 7 rings (SSSR count). The predicted octanol–water partition coefficient (Wildman–Crippen LogP) is 4.39. The lowest BCUT2D eigenvalue weighted by atomic mass is 9.89. The van der Waals surface area contributed by atoms with Crippen LogP contribution in [-0.4, -0.2) is 55.6 Å². The maximum Gasteiger partial charge on any atom is 0.251 e. The van der Waals surface area contributed by atoms with Crippen molar-refractivity contribution < 1.29 is 23.8 Å². The highest BCUT2D eigenvalue weighted by atomic mass is 16.5. The van der Waals surface area contributed by atoms with Crippen molar-refractivity contribution in [3.05, 3.63) is 64.7 Å². The third kappa shape index (κ3) is 5.43. The Hall–Kier alpha value is -3.85. The molecule has 0 aliphatic carbocycles. The molecule has 5 aliphatic heterocycles. The summed E-state index contributed by atoms with van der Waals surface area (Å²) < 4.78 is 17.4. The summed E-state index contributed by atoms with van der Waals surface area (Å²) in [7, 11) is 1.65. The van der Waals surface area contributed by atoms with Crippen molar-refractivity contribution in [1.29, 1.82) is 0 Å². The van der Waals surface area contributed by atoms with Crippen molar-refractivity contribution in [3.63, 3.8) is 0 Å². The Kier molecular flexibility index (Phi) is 8.40. The van der Waals surface area contributed by atoms with Crippen LogP contribution >= 0.6 is 0 Å². The van der Waals surface area contributed by atoms with E-state index in [9.17, 15) is 9.59 Å². The number of nitrogens with zero attached hydrogens (tertiary/aromatic N) is 2. The molecule has 9 heteroatoms. The van der Waals surface area contributed by atoms with Crippen LogP contribution < -0.4 is 20.5 Å². The number of hydrogen-bond acceptors (Lipinski definition) is 7. The lowest BCUT2D eigenvalue weighted by Crippen LogP contribution is -2.50. The summed E-state index contributed by atoms with van der Waals surface area (Å²) >= 11 is 0. The van der Waals surface area contributed by atoms with Gasteiger partial charge in [-0.3, -0.25) is 14.5 Å². The van der Waals surface area contributed by atoms with E-state index >= 15 is 0 Å². The first-order chi connectivity index (χ1) is 19.5.